The number of carbonyl (C=O) groups excluding carboxylic acids is 10. The van der Waals surface area contributed by atoms with Crippen molar-refractivity contribution in [3.63, 3.8) is 0 Å². The molecule has 1 aliphatic rings. The summed E-state index contributed by atoms with van der Waals surface area (Å²) in [5.41, 5.74) is 11.0. The average molecular weight is 994 g/mol. The number of guanidine groups is 1. The third-order valence-electron chi connectivity index (χ3n) is 11.9. The second-order valence-electron chi connectivity index (χ2n) is 18.2. The molecule has 24 heteroatoms. The molecule has 0 aromatic rings. The van der Waals surface area contributed by atoms with Gasteiger partial charge in [0, 0.05) is 33.6 Å². The Hall–Kier alpha value is -6.07. The van der Waals surface area contributed by atoms with Gasteiger partial charge in [-0.2, -0.15) is 0 Å². The molecule has 1 heterocycles. The summed E-state index contributed by atoms with van der Waals surface area (Å²) < 4.78 is 0. The lowest BCUT2D eigenvalue weighted by Gasteiger charge is -2.31. The van der Waals surface area contributed by atoms with Crippen LogP contribution in [-0.2, 0) is 47.9 Å². The largest absolute Gasteiger partial charge is 0.391 e. The minimum atomic E-state index is -1.61. The Morgan fingerprint density at radius 2 is 1.24 bits per heavy atom. The Bertz CT molecular complexity index is 1810. The van der Waals surface area contributed by atoms with Gasteiger partial charge in [0.25, 0.3) is 0 Å². The van der Waals surface area contributed by atoms with Gasteiger partial charge in [-0.25, -0.2) is 0 Å². The predicted molar refractivity (Wildman–Crippen MR) is 262 cm³/mol. The number of nitrogens with one attached hydrogen (secondary N) is 8. The van der Waals surface area contributed by atoms with E-state index in [0.717, 1.165) is 4.90 Å². The maximum atomic E-state index is 14.2. The number of aliphatic hydroxyl groups excluding tert-OH is 1. The molecule has 70 heavy (non-hydrogen) atoms. The van der Waals surface area contributed by atoms with E-state index in [-0.39, 0.29) is 50.1 Å². The number of likely N-dealkylation sites (N-methyl/N-ethyl adjacent to an activating group) is 2. The average Bonchev–Trinajstić information content (AvgIpc) is 3.80. The Morgan fingerprint density at radius 3 is 1.77 bits per heavy atom. The standard InChI is InChI=1S/C46H83N13O11/c1-11-15-19-31(53-42(67)36(26(5)6)55-34(62)24-51-35(63)25-58(10)29(9)61)40(65)57-38(28(8)60)44(69)52-30(18-12-2)39(64)56-37(27(7)13-3)43(68)54-32(20-16-22-50-46(47)48)45(70)59-23-17-21-33(59)41(66)49-14-4/h26-28,30-33,36-38,60H,11-25H2,1-10H3,(H,49,66)(H,51,63)(H,52,69)(H,53,67)(H,54,68)(H,55,62)(H,56,64)(H,57,65)(H4,47,48,50)/t27-,28+,30-,31+,32-,33-,36-,37-,38-/m0/s1. The predicted octanol–water partition coefficient (Wildman–Crippen LogP) is -2.26. The molecule has 0 radical (unpaired) electrons. The van der Waals surface area contributed by atoms with Gasteiger partial charge in [-0.1, -0.05) is 67.2 Å². The van der Waals surface area contributed by atoms with Crippen LogP contribution in [0.2, 0.25) is 0 Å². The summed E-state index contributed by atoms with van der Waals surface area (Å²) in [4.78, 5) is 140. The van der Waals surface area contributed by atoms with Gasteiger partial charge in [0.15, 0.2) is 5.96 Å². The highest BCUT2D eigenvalue weighted by Gasteiger charge is 2.40. The molecule has 0 aromatic carbocycles. The van der Waals surface area contributed by atoms with Crippen LogP contribution in [0.3, 0.4) is 0 Å². The first kappa shape index (κ1) is 61.9. The van der Waals surface area contributed by atoms with Crippen LogP contribution in [-0.4, -0.2) is 168 Å². The lowest BCUT2D eigenvalue weighted by atomic mass is 9.96. The van der Waals surface area contributed by atoms with Gasteiger partial charge in [-0.15, -0.1) is 0 Å². The van der Waals surface area contributed by atoms with Crippen molar-refractivity contribution in [3.8, 4) is 0 Å². The number of likely N-dealkylation sites (tertiary alicyclic amines) is 1. The Balaban J connectivity index is 3.29. The SMILES string of the molecule is CCCC[C@@H](NC(=O)[C@@H](NC(=O)CNC(=O)CN(C)C(C)=O)C(C)C)C(=O)N[C@H](C(=O)N[C@@H](CCC)C(=O)N[C@H](C(=O)N[C@@H](CCCN=C(N)N)C(=O)N1CCC[C@H]1C(=O)NCC)[C@@H](C)CC)[C@@H](C)O. The van der Waals surface area contributed by atoms with Gasteiger partial charge in [0.1, 0.15) is 42.3 Å². The van der Waals surface area contributed by atoms with Crippen LogP contribution < -0.4 is 54.0 Å². The summed E-state index contributed by atoms with van der Waals surface area (Å²) in [6, 6.07) is -8.24. The number of hydrogen-bond acceptors (Lipinski definition) is 12. The fraction of sp³-hybridized carbons (Fsp3) is 0.761. The molecule has 13 N–H and O–H groups in total. The van der Waals surface area contributed by atoms with Crippen molar-refractivity contribution in [1.82, 2.24) is 52.3 Å². The van der Waals surface area contributed by atoms with Crippen molar-refractivity contribution in [2.45, 2.75) is 175 Å². The zero-order valence-corrected chi connectivity index (χ0v) is 42.9. The summed E-state index contributed by atoms with van der Waals surface area (Å²) in [7, 11) is 1.42. The Labute approximate surface area is 412 Å². The molecule has 1 fully saturated rings. The van der Waals surface area contributed by atoms with E-state index >= 15 is 0 Å². The molecule has 1 aliphatic heterocycles. The van der Waals surface area contributed by atoms with E-state index in [2.05, 4.69) is 47.5 Å². The summed E-state index contributed by atoms with van der Waals surface area (Å²) in [5.74, 6) is -7.38. The second kappa shape index (κ2) is 31.9. The molecule has 398 valence electrons. The second-order valence-corrected chi connectivity index (χ2v) is 18.2. The molecule has 0 bridgehead atoms. The number of nitrogens with zero attached hydrogens (tertiary/aromatic N) is 3. The van der Waals surface area contributed by atoms with Gasteiger partial charge in [0.2, 0.25) is 59.1 Å². The number of rotatable bonds is 31. The first-order valence-corrected chi connectivity index (χ1v) is 24.5. The number of hydrogen-bond donors (Lipinski definition) is 11. The first-order chi connectivity index (χ1) is 32.9. The zero-order chi connectivity index (χ0) is 53.2. The number of unbranched alkanes of at least 4 members (excludes halogenated alkanes) is 1. The van der Waals surface area contributed by atoms with E-state index in [1.54, 1.807) is 34.6 Å². The number of aliphatic hydroxyl groups is 1. The summed E-state index contributed by atoms with van der Waals surface area (Å²) in [6.07, 6.45) is 2.08. The molecule has 0 aliphatic carbocycles. The lowest BCUT2D eigenvalue weighted by molar-refractivity contribution is -0.142. The summed E-state index contributed by atoms with van der Waals surface area (Å²) in [5, 5.41) is 31.8. The minimum absolute atomic E-state index is 0.0889. The summed E-state index contributed by atoms with van der Waals surface area (Å²) in [6.45, 7) is 14.9. The summed E-state index contributed by atoms with van der Waals surface area (Å²) >= 11 is 0. The van der Waals surface area contributed by atoms with Crippen molar-refractivity contribution in [2.75, 3.05) is 39.8 Å². The molecule has 0 saturated carbocycles. The molecule has 1 saturated heterocycles. The lowest BCUT2D eigenvalue weighted by Crippen LogP contribution is -2.62. The van der Waals surface area contributed by atoms with Gasteiger partial charge in [-0.3, -0.25) is 52.9 Å². The van der Waals surface area contributed by atoms with Crippen LogP contribution in [0.5, 0.6) is 0 Å². The van der Waals surface area contributed by atoms with Crippen LogP contribution in [0.1, 0.15) is 127 Å². The fourth-order valence-electron chi connectivity index (χ4n) is 7.51. The number of carbonyl (C=O) groups is 10. The third kappa shape index (κ3) is 21.3. The van der Waals surface area contributed by atoms with Crippen LogP contribution in [0.4, 0.5) is 0 Å². The maximum Gasteiger partial charge on any atom is 0.245 e. The fourth-order valence-corrected chi connectivity index (χ4v) is 7.51. The topological polar surface area (TPSA) is 358 Å². The van der Waals surface area contributed by atoms with Crippen molar-refractivity contribution in [1.29, 1.82) is 0 Å². The Morgan fingerprint density at radius 1 is 0.686 bits per heavy atom. The molecule has 24 nitrogen and oxygen atoms in total. The molecular formula is C46H83N13O11. The van der Waals surface area contributed by atoms with E-state index in [9.17, 15) is 53.1 Å². The molecule has 1 rings (SSSR count). The number of amides is 10. The molecule has 0 aromatic heterocycles. The smallest absolute Gasteiger partial charge is 0.245 e. The zero-order valence-electron chi connectivity index (χ0n) is 42.9. The van der Waals surface area contributed by atoms with Crippen LogP contribution in [0.25, 0.3) is 0 Å². The quantitative estimate of drug-likeness (QED) is 0.0199. The van der Waals surface area contributed by atoms with E-state index in [1.807, 2.05) is 13.8 Å². The van der Waals surface area contributed by atoms with E-state index < -0.39 is 114 Å². The molecule has 9 atom stereocenters. The van der Waals surface area contributed by atoms with E-state index in [1.165, 1.54) is 25.8 Å². The van der Waals surface area contributed by atoms with E-state index in [0.29, 0.717) is 58.0 Å². The van der Waals surface area contributed by atoms with Crippen molar-refractivity contribution < 1.29 is 53.1 Å². The monoisotopic (exact) mass is 994 g/mol. The molecule has 0 spiro atoms. The van der Waals surface area contributed by atoms with Crippen LogP contribution in [0, 0.1) is 11.8 Å². The van der Waals surface area contributed by atoms with Crippen molar-refractivity contribution in [3.05, 3.63) is 0 Å². The third-order valence-corrected chi connectivity index (χ3v) is 11.9. The van der Waals surface area contributed by atoms with Crippen molar-refractivity contribution >= 4 is 65.0 Å². The highest BCUT2D eigenvalue weighted by molar-refractivity contribution is 5.98. The van der Waals surface area contributed by atoms with Gasteiger partial charge in [-0.05, 0) is 64.2 Å². The van der Waals surface area contributed by atoms with E-state index in [4.69, 9.17) is 11.5 Å². The molecule has 10 amide bonds. The van der Waals surface area contributed by atoms with Gasteiger partial charge < -0.3 is 68.9 Å². The van der Waals surface area contributed by atoms with Crippen molar-refractivity contribution in [2.24, 2.45) is 28.3 Å². The highest BCUT2D eigenvalue weighted by Crippen LogP contribution is 2.20. The number of aliphatic imine (C=N–C) groups is 1. The minimum Gasteiger partial charge on any atom is -0.391 e. The maximum absolute atomic E-state index is 14.2. The molecule has 0 unspecified atom stereocenters. The highest BCUT2D eigenvalue weighted by atomic mass is 16.3. The molecular weight excluding hydrogens is 911 g/mol. The van der Waals surface area contributed by atoms with Gasteiger partial charge >= 0.3 is 0 Å². The first-order valence-electron chi connectivity index (χ1n) is 24.5. The van der Waals surface area contributed by atoms with Crippen LogP contribution in [0.15, 0.2) is 4.99 Å². The Kier molecular flexibility index (Phi) is 28.3. The van der Waals surface area contributed by atoms with Gasteiger partial charge in [0.05, 0.1) is 19.2 Å². The number of nitrogens with two attached hydrogens (primary N) is 2. The normalized spacial score (nSPS) is 16.6. The van der Waals surface area contributed by atoms with Crippen LogP contribution >= 0.6 is 0 Å².